The van der Waals surface area contributed by atoms with Gasteiger partial charge in [-0.1, -0.05) is 11.8 Å². The average molecular weight is 216 g/mol. The van der Waals surface area contributed by atoms with Gasteiger partial charge in [-0.3, -0.25) is 5.10 Å². The van der Waals surface area contributed by atoms with Crippen LogP contribution in [0.3, 0.4) is 0 Å². The van der Waals surface area contributed by atoms with E-state index in [-0.39, 0.29) is 0 Å². The molecule has 2 rings (SSSR count). The lowest BCUT2D eigenvalue weighted by atomic mass is 10.6. The Hall–Kier alpha value is -0.950. The Bertz CT molecular complexity index is 503. The Morgan fingerprint density at radius 1 is 1.69 bits per heavy atom. The Labute approximate surface area is 82.2 Å². The van der Waals surface area contributed by atoms with Crippen molar-refractivity contribution in [2.75, 3.05) is 6.26 Å². The van der Waals surface area contributed by atoms with Crippen LogP contribution in [0.2, 0.25) is 0 Å². The lowest BCUT2D eigenvalue weighted by molar-refractivity contribution is 0.561. The van der Waals surface area contributed by atoms with E-state index in [0.717, 1.165) is 0 Å². The number of thioether (sulfide) groups is 1. The summed E-state index contributed by atoms with van der Waals surface area (Å²) in [6, 6.07) is 1.23. The number of hydrogen-bond donors (Lipinski definition) is 1. The molecule has 0 fully saturated rings. The topological polar surface area (TPSA) is 46.0 Å². The van der Waals surface area contributed by atoms with Crippen molar-refractivity contribution in [3.8, 4) is 0 Å². The van der Waals surface area contributed by atoms with Gasteiger partial charge in [-0.25, -0.2) is 4.40 Å². The third kappa shape index (κ3) is 1.33. The molecule has 0 spiro atoms. The Balaban J connectivity index is 2.93. The maximum atomic E-state index is 12.9. The molecule has 0 atom stereocenters. The van der Waals surface area contributed by atoms with Crippen LogP contribution in [-0.4, -0.2) is 25.8 Å². The Morgan fingerprint density at radius 3 is 3.15 bits per heavy atom. The van der Waals surface area contributed by atoms with Gasteiger partial charge in [0.15, 0.2) is 10.8 Å². The van der Waals surface area contributed by atoms with E-state index in [4.69, 9.17) is 12.2 Å². The van der Waals surface area contributed by atoms with E-state index in [1.54, 1.807) is 10.7 Å². The molecule has 0 aliphatic heterocycles. The molecule has 0 saturated heterocycles. The van der Waals surface area contributed by atoms with E-state index in [1.165, 1.54) is 17.8 Å². The minimum atomic E-state index is -0.550. The number of halogens is 1. The lowest BCUT2D eigenvalue weighted by Crippen LogP contribution is -1.96. The molecule has 13 heavy (non-hydrogen) atoms. The molecule has 0 aromatic carbocycles. The highest BCUT2D eigenvalue weighted by molar-refractivity contribution is 7.98. The molecule has 2 aromatic rings. The fraction of sp³-hybridized carbons (Fsp3) is 0.167. The van der Waals surface area contributed by atoms with E-state index in [1.807, 2.05) is 0 Å². The van der Waals surface area contributed by atoms with Crippen LogP contribution in [0.5, 0.6) is 0 Å². The summed E-state index contributed by atoms with van der Waals surface area (Å²) in [4.78, 5) is 3.69. The normalized spacial score (nSPS) is 10.9. The second kappa shape index (κ2) is 3.08. The van der Waals surface area contributed by atoms with Crippen LogP contribution < -0.4 is 0 Å². The van der Waals surface area contributed by atoms with Crippen molar-refractivity contribution in [3.05, 3.63) is 16.8 Å². The van der Waals surface area contributed by atoms with Gasteiger partial charge >= 0.3 is 0 Å². The number of fused-ring (bicyclic) bond motifs is 1. The van der Waals surface area contributed by atoms with E-state index >= 15 is 0 Å². The van der Waals surface area contributed by atoms with Gasteiger partial charge in [-0.15, -0.1) is 0 Å². The third-order valence-corrected chi connectivity index (χ3v) is 2.44. The molecule has 68 valence electrons. The predicted octanol–water partition coefficient (Wildman–Crippen LogP) is 1.65. The molecule has 0 amide bonds. The first-order chi connectivity index (χ1) is 6.22. The zero-order chi connectivity index (χ0) is 9.42. The molecule has 0 radical (unpaired) electrons. The number of H-pyrrole nitrogens is 1. The van der Waals surface area contributed by atoms with Crippen LogP contribution in [-0.2, 0) is 0 Å². The summed E-state index contributed by atoms with van der Waals surface area (Å²) < 4.78 is 14.9. The van der Waals surface area contributed by atoms with Crippen LogP contribution in [0.1, 0.15) is 0 Å². The summed E-state index contributed by atoms with van der Waals surface area (Å²) in [6.07, 6.45) is 1.80. The van der Waals surface area contributed by atoms with Gasteiger partial charge in [0.1, 0.15) is 0 Å². The number of hydrogen-bond acceptors (Lipinski definition) is 4. The fourth-order valence-electron chi connectivity index (χ4n) is 1.01. The molecule has 0 aliphatic rings. The van der Waals surface area contributed by atoms with Gasteiger partial charge in [-0.05, 0) is 18.5 Å². The summed E-state index contributed by atoms with van der Waals surface area (Å²) >= 11 is 6.27. The first kappa shape index (κ1) is 8.64. The SMILES string of the molecule is CSc1nc(F)cc2n[nH]c(=S)n12. The quantitative estimate of drug-likeness (QED) is 0.341. The first-order valence-electron chi connectivity index (χ1n) is 3.40. The molecule has 2 aromatic heterocycles. The highest BCUT2D eigenvalue weighted by Crippen LogP contribution is 2.14. The van der Waals surface area contributed by atoms with Crippen molar-refractivity contribution in [2.45, 2.75) is 5.16 Å². The van der Waals surface area contributed by atoms with E-state index < -0.39 is 5.95 Å². The van der Waals surface area contributed by atoms with Gasteiger partial charge in [0.05, 0.1) is 0 Å². The molecule has 7 heteroatoms. The first-order valence-corrected chi connectivity index (χ1v) is 5.03. The van der Waals surface area contributed by atoms with Gasteiger partial charge in [0.25, 0.3) is 0 Å². The van der Waals surface area contributed by atoms with Crippen LogP contribution in [0.4, 0.5) is 4.39 Å². The molecule has 1 N–H and O–H groups in total. The zero-order valence-corrected chi connectivity index (χ0v) is 8.25. The maximum absolute atomic E-state index is 12.9. The van der Waals surface area contributed by atoms with Crippen molar-refractivity contribution in [3.63, 3.8) is 0 Å². The number of aromatic amines is 1. The summed E-state index contributed by atoms with van der Waals surface area (Å²) in [7, 11) is 0. The van der Waals surface area contributed by atoms with Crippen LogP contribution in [0.15, 0.2) is 11.2 Å². The van der Waals surface area contributed by atoms with Crippen molar-refractivity contribution < 1.29 is 4.39 Å². The van der Waals surface area contributed by atoms with Gasteiger partial charge in [0.2, 0.25) is 10.7 Å². The van der Waals surface area contributed by atoms with Crippen molar-refractivity contribution in [1.82, 2.24) is 19.6 Å². The van der Waals surface area contributed by atoms with Crippen molar-refractivity contribution in [1.29, 1.82) is 0 Å². The largest absolute Gasteiger partial charge is 0.251 e. The Morgan fingerprint density at radius 2 is 2.46 bits per heavy atom. The maximum Gasteiger partial charge on any atom is 0.219 e. The third-order valence-electron chi connectivity index (χ3n) is 1.52. The molecular formula is C6H5FN4S2. The zero-order valence-electron chi connectivity index (χ0n) is 6.61. The van der Waals surface area contributed by atoms with Gasteiger partial charge < -0.3 is 0 Å². The number of rotatable bonds is 1. The summed E-state index contributed by atoms with van der Waals surface area (Å²) in [6.45, 7) is 0. The lowest BCUT2D eigenvalue weighted by Gasteiger charge is -1.98. The molecule has 0 bridgehead atoms. The van der Waals surface area contributed by atoms with Crippen LogP contribution in [0.25, 0.3) is 5.65 Å². The molecular weight excluding hydrogens is 211 g/mol. The monoisotopic (exact) mass is 216 g/mol. The summed E-state index contributed by atoms with van der Waals surface area (Å²) in [5.74, 6) is -0.550. The molecule has 4 nitrogen and oxygen atoms in total. The molecule has 2 heterocycles. The smallest absolute Gasteiger partial charge is 0.219 e. The van der Waals surface area contributed by atoms with Crippen LogP contribution >= 0.6 is 24.0 Å². The summed E-state index contributed by atoms with van der Waals surface area (Å²) in [5, 5.41) is 6.91. The number of nitrogens with one attached hydrogen (secondary N) is 1. The van der Waals surface area contributed by atoms with Crippen molar-refractivity contribution in [2.24, 2.45) is 0 Å². The van der Waals surface area contributed by atoms with Gasteiger partial charge in [0, 0.05) is 6.07 Å². The minimum Gasteiger partial charge on any atom is -0.251 e. The van der Waals surface area contributed by atoms with Crippen molar-refractivity contribution >= 4 is 29.6 Å². The average Bonchev–Trinajstić information content (AvgIpc) is 2.46. The van der Waals surface area contributed by atoms with Gasteiger partial charge in [-0.2, -0.15) is 14.5 Å². The highest BCUT2D eigenvalue weighted by atomic mass is 32.2. The van der Waals surface area contributed by atoms with E-state index in [0.29, 0.717) is 15.6 Å². The number of nitrogens with zero attached hydrogens (tertiary/aromatic N) is 3. The molecule has 0 unspecified atom stereocenters. The molecule has 0 aliphatic carbocycles. The fourth-order valence-corrected chi connectivity index (χ4v) is 1.84. The number of aromatic nitrogens is 4. The standard InChI is InChI=1S/C6H5FN4S2/c1-13-6-8-3(7)2-4-9-10-5(12)11(4)6/h2H,1H3,(H,10,12). The Kier molecular flexibility index (Phi) is 2.04. The minimum absolute atomic E-state index is 0.423. The molecule has 0 saturated carbocycles. The summed E-state index contributed by atoms with van der Waals surface area (Å²) in [5.41, 5.74) is 0.446. The van der Waals surface area contributed by atoms with E-state index in [9.17, 15) is 4.39 Å². The van der Waals surface area contributed by atoms with E-state index in [2.05, 4.69) is 15.2 Å². The van der Waals surface area contributed by atoms with Crippen LogP contribution in [0, 0.1) is 10.7 Å². The second-order valence-electron chi connectivity index (χ2n) is 2.29. The second-order valence-corrected chi connectivity index (χ2v) is 3.45. The highest BCUT2D eigenvalue weighted by Gasteiger charge is 2.06. The predicted molar refractivity (Wildman–Crippen MR) is 49.9 cm³/mol.